The van der Waals surface area contributed by atoms with Crippen LogP contribution in [0.4, 0.5) is 3.89 Å². The van der Waals surface area contributed by atoms with E-state index in [9.17, 15) is 17.1 Å². The largest absolute Gasteiger partial charge is 0.337 e. The van der Waals surface area contributed by atoms with Gasteiger partial charge in [-0.2, -0.15) is 8.42 Å². The SMILES string of the molecule is NCc1cccc(CN2CC(S(=O)(=O)F)CC2=O)c1. The van der Waals surface area contributed by atoms with Gasteiger partial charge >= 0.3 is 10.2 Å². The quantitative estimate of drug-likeness (QED) is 0.819. The third-order valence-electron chi connectivity index (χ3n) is 3.18. The molecule has 0 aromatic heterocycles. The van der Waals surface area contributed by atoms with Crippen LogP contribution in [0.1, 0.15) is 17.5 Å². The van der Waals surface area contributed by atoms with E-state index in [0.29, 0.717) is 6.54 Å². The van der Waals surface area contributed by atoms with Crippen LogP contribution in [0.3, 0.4) is 0 Å². The molecule has 7 heteroatoms. The summed E-state index contributed by atoms with van der Waals surface area (Å²) in [5, 5.41) is -1.24. The molecule has 1 saturated heterocycles. The summed E-state index contributed by atoms with van der Waals surface area (Å²) >= 11 is 0. The summed E-state index contributed by atoms with van der Waals surface area (Å²) < 4.78 is 34.5. The van der Waals surface area contributed by atoms with Crippen molar-refractivity contribution in [3.8, 4) is 0 Å². The molecule has 1 aliphatic heterocycles. The highest BCUT2D eigenvalue weighted by Gasteiger charge is 2.38. The minimum absolute atomic E-state index is 0.0927. The first kappa shape index (κ1) is 14.0. The van der Waals surface area contributed by atoms with Crippen LogP contribution in [0.2, 0.25) is 0 Å². The Labute approximate surface area is 111 Å². The van der Waals surface area contributed by atoms with Crippen molar-refractivity contribution in [1.82, 2.24) is 4.90 Å². The van der Waals surface area contributed by atoms with Crippen LogP contribution in [-0.2, 0) is 28.1 Å². The topological polar surface area (TPSA) is 80.5 Å². The van der Waals surface area contributed by atoms with E-state index in [2.05, 4.69) is 0 Å². The predicted octanol–water partition coefficient (Wildman–Crippen LogP) is 0.545. The molecule has 2 rings (SSSR count). The van der Waals surface area contributed by atoms with E-state index < -0.39 is 15.5 Å². The Morgan fingerprint density at radius 2 is 2.05 bits per heavy atom. The third kappa shape index (κ3) is 3.30. The fourth-order valence-electron chi connectivity index (χ4n) is 2.15. The van der Waals surface area contributed by atoms with Crippen LogP contribution in [0.25, 0.3) is 0 Å². The highest BCUT2D eigenvalue weighted by atomic mass is 32.3. The van der Waals surface area contributed by atoms with E-state index >= 15 is 0 Å². The monoisotopic (exact) mass is 286 g/mol. The molecule has 2 N–H and O–H groups in total. The molecular weight excluding hydrogens is 271 g/mol. The zero-order chi connectivity index (χ0) is 14.0. The van der Waals surface area contributed by atoms with E-state index in [4.69, 9.17) is 5.73 Å². The highest BCUT2D eigenvalue weighted by molar-refractivity contribution is 7.87. The van der Waals surface area contributed by atoms with Gasteiger partial charge in [0.2, 0.25) is 5.91 Å². The molecule has 0 radical (unpaired) electrons. The molecule has 5 nitrogen and oxygen atoms in total. The van der Waals surface area contributed by atoms with E-state index in [1.54, 1.807) is 0 Å². The van der Waals surface area contributed by atoms with Crippen molar-refractivity contribution >= 4 is 16.1 Å². The summed E-state index contributed by atoms with van der Waals surface area (Å²) in [7, 11) is -4.66. The van der Waals surface area contributed by atoms with Crippen molar-refractivity contribution in [2.75, 3.05) is 6.54 Å². The van der Waals surface area contributed by atoms with Gasteiger partial charge in [0.05, 0.1) is 0 Å². The first-order valence-electron chi connectivity index (χ1n) is 5.89. The van der Waals surface area contributed by atoms with Gasteiger partial charge in [-0.15, -0.1) is 3.89 Å². The van der Waals surface area contributed by atoms with Crippen LogP contribution < -0.4 is 5.73 Å². The average molecular weight is 286 g/mol. The van der Waals surface area contributed by atoms with E-state index in [1.807, 2.05) is 24.3 Å². The zero-order valence-corrected chi connectivity index (χ0v) is 11.1. The van der Waals surface area contributed by atoms with Gasteiger partial charge in [0.15, 0.2) is 0 Å². The minimum Gasteiger partial charge on any atom is -0.337 e. The number of nitrogens with zero attached hydrogens (tertiary/aromatic N) is 1. The molecule has 1 aromatic carbocycles. The lowest BCUT2D eigenvalue weighted by Gasteiger charge is -2.16. The van der Waals surface area contributed by atoms with Crippen molar-refractivity contribution in [3.63, 3.8) is 0 Å². The Morgan fingerprint density at radius 3 is 2.63 bits per heavy atom. The highest BCUT2D eigenvalue weighted by Crippen LogP contribution is 2.21. The van der Waals surface area contributed by atoms with Crippen LogP contribution in [0, 0.1) is 0 Å². The number of nitrogens with two attached hydrogens (primary N) is 1. The Kier molecular flexibility index (Phi) is 3.86. The Hall–Kier alpha value is -1.47. The van der Waals surface area contributed by atoms with Crippen molar-refractivity contribution in [1.29, 1.82) is 0 Å². The minimum atomic E-state index is -4.66. The van der Waals surface area contributed by atoms with E-state index in [-0.39, 0.29) is 25.4 Å². The van der Waals surface area contributed by atoms with Gasteiger partial charge in [-0.05, 0) is 11.1 Å². The van der Waals surface area contributed by atoms with Crippen molar-refractivity contribution in [2.24, 2.45) is 5.73 Å². The Morgan fingerprint density at radius 1 is 1.37 bits per heavy atom. The summed E-state index contributed by atoms with van der Waals surface area (Å²) in [6.45, 7) is 0.576. The number of carbonyl (C=O) groups excluding carboxylic acids is 1. The molecule has 19 heavy (non-hydrogen) atoms. The maximum atomic E-state index is 12.9. The number of hydrogen-bond acceptors (Lipinski definition) is 4. The molecule has 104 valence electrons. The smallest absolute Gasteiger partial charge is 0.307 e. The van der Waals surface area contributed by atoms with E-state index in [0.717, 1.165) is 11.1 Å². The first-order chi connectivity index (χ1) is 8.90. The summed E-state index contributed by atoms with van der Waals surface area (Å²) in [6, 6.07) is 7.36. The van der Waals surface area contributed by atoms with E-state index in [1.165, 1.54) is 4.90 Å². The summed E-state index contributed by atoms with van der Waals surface area (Å²) in [5.41, 5.74) is 7.31. The first-order valence-corrected chi connectivity index (χ1v) is 7.34. The number of hydrogen-bond donors (Lipinski definition) is 1. The molecule has 1 unspecified atom stereocenters. The molecule has 1 amide bonds. The van der Waals surface area contributed by atoms with Crippen molar-refractivity contribution in [3.05, 3.63) is 35.4 Å². The van der Waals surface area contributed by atoms with Gasteiger partial charge in [-0.1, -0.05) is 24.3 Å². The number of benzene rings is 1. The fourth-order valence-corrected chi connectivity index (χ4v) is 2.85. The molecule has 0 bridgehead atoms. The standard InChI is InChI=1S/C12H15FN2O3S/c13-19(17,18)11-5-12(16)15(8-11)7-10-3-1-2-9(4-10)6-14/h1-4,11H,5-8,14H2. The van der Waals surface area contributed by atoms with Crippen molar-refractivity contribution < 1.29 is 17.1 Å². The lowest BCUT2D eigenvalue weighted by molar-refractivity contribution is -0.128. The normalized spacial score (nSPS) is 20.0. The summed E-state index contributed by atoms with van der Waals surface area (Å²) in [5.74, 6) is -0.343. The van der Waals surface area contributed by atoms with Gasteiger partial charge in [-0.25, -0.2) is 0 Å². The Balaban J connectivity index is 2.09. The van der Waals surface area contributed by atoms with Gasteiger partial charge in [0.1, 0.15) is 5.25 Å². The molecule has 1 heterocycles. The maximum Gasteiger partial charge on any atom is 0.307 e. The van der Waals surface area contributed by atoms with Gasteiger partial charge in [0.25, 0.3) is 0 Å². The second kappa shape index (κ2) is 5.26. The second-order valence-electron chi connectivity index (χ2n) is 4.60. The fraction of sp³-hybridized carbons (Fsp3) is 0.417. The Bertz CT molecular complexity index is 588. The van der Waals surface area contributed by atoms with Gasteiger partial charge < -0.3 is 10.6 Å². The molecule has 0 aliphatic carbocycles. The summed E-state index contributed by atoms with van der Waals surface area (Å²) in [6.07, 6.45) is -0.282. The van der Waals surface area contributed by atoms with Crippen LogP contribution in [-0.4, -0.2) is 31.0 Å². The summed E-state index contributed by atoms with van der Waals surface area (Å²) in [4.78, 5) is 13.0. The lowest BCUT2D eigenvalue weighted by Crippen LogP contribution is -2.26. The average Bonchev–Trinajstić information content (AvgIpc) is 2.71. The van der Waals surface area contributed by atoms with Crippen LogP contribution in [0.5, 0.6) is 0 Å². The predicted molar refractivity (Wildman–Crippen MR) is 68.2 cm³/mol. The number of halogens is 1. The van der Waals surface area contributed by atoms with Crippen LogP contribution in [0.15, 0.2) is 24.3 Å². The lowest BCUT2D eigenvalue weighted by atomic mass is 10.1. The number of amides is 1. The van der Waals surface area contributed by atoms with Gasteiger partial charge in [-0.3, -0.25) is 4.79 Å². The number of rotatable bonds is 4. The molecule has 1 fully saturated rings. The molecule has 1 aliphatic rings. The molecule has 0 spiro atoms. The zero-order valence-electron chi connectivity index (χ0n) is 10.3. The van der Waals surface area contributed by atoms with Crippen molar-refractivity contribution in [2.45, 2.75) is 24.8 Å². The molecule has 1 atom stereocenters. The maximum absolute atomic E-state index is 12.9. The molecular formula is C12H15FN2O3S. The molecule has 1 aromatic rings. The second-order valence-corrected chi connectivity index (χ2v) is 6.22. The van der Waals surface area contributed by atoms with Crippen LogP contribution >= 0.6 is 0 Å². The van der Waals surface area contributed by atoms with Gasteiger partial charge in [0, 0.05) is 26.1 Å². The number of likely N-dealkylation sites (tertiary alicyclic amines) is 1. The third-order valence-corrected chi connectivity index (χ3v) is 4.29. The number of carbonyl (C=O) groups is 1. The molecule has 0 saturated carbocycles.